The average Bonchev–Trinajstić information content (AvgIpc) is 2.46. The second-order valence-corrected chi connectivity index (χ2v) is 6.25. The topological polar surface area (TPSA) is 42.4 Å². The Morgan fingerprint density at radius 3 is 2.24 bits per heavy atom. The van der Waals surface area contributed by atoms with Gasteiger partial charge in [-0.25, -0.2) is 9.78 Å². The van der Waals surface area contributed by atoms with Crippen molar-refractivity contribution in [3.8, 4) is 0 Å². The summed E-state index contributed by atoms with van der Waals surface area (Å²) < 4.78 is 4.78. The van der Waals surface area contributed by atoms with Crippen LogP contribution in [-0.4, -0.2) is 31.2 Å². The molecule has 0 spiro atoms. The van der Waals surface area contributed by atoms with Crippen LogP contribution in [0, 0.1) is 11.8 Å². The molecule has 1 heterocycles. The molecular weight excluding hydrogens is 264 g/mol. The molecule has 1 rings (SSSR count). The first-order valence-electron chi connectivity index (χ1n) is 7.73. The zero-order valence-electron chi connectivity index (χ0n) is 13.9. The lowest BCUT2D eigenvalue weighted by Gasteiger charge is -2.25. The fourth-order valence-corrected chi connectivity index (χ4v) is 2.01. The number of methoxy groups -OCH3 is 1. The van der Waals surface area contributed by atoms with E-state index in [1.807, 2.05) is 6.07 Å². The standard InChI is InChI=1S/C17H28N2O2/c1-13(2)7-10-19(11-8-14(3)4)16-12-15(6-9-18-16)17(20)21-5/h6,9,12-14H,7-8,10-11H2,1-5H3. The first-order chi connectivity index (χ1) is 9.93. The van der Waals surface area contributed by atoms with Crippen molar-refractivity contribution in [3.63, 3.8) is 0 Å². The van der Waals surface area contributed by atoms with Crippen molar-refractivity contribution in [2.24, 2.45) is 11.8 Å². The lowest BCUT2D eigenvalue weighted by atomic mass is 10.1. The molecule has 0 saturated carbocycles. The molecule has 0 saturated heterocycles. The molecule has 0 N–H and O–H groups in total. The molecule has 0 fully saturated rings. The Balaban J connectivity index is 2.87. The molecule has 0 aromatic carbocycles. The van der Waals surface area contributed by atoms with Gasteiger partial charge in [0.25, 0.3) is 0 Å². The summed E-state index contributed by atoms with van der Waals surface area (Å²) in [6.45, 7) is 10.8. The van der Waals surface area contributed by atoms with Gasteiger partial charge < -0.3 is 9.64 Å². The maximum absolute atomic E-state index is 11.7. The van der Waals surface area contributed by atoms with Gasteiger partial charge in [0.2, 0.25) is 0 Å². The predicted octanol–water partition coefficient (Wildman–Crippen LogP) is 3.77. The van der Waals surface area contributed by atoms with Gasteiger partial charge in [-0.3, -0.25) is 0 Å². The van der Waals surface area contributed by atoms with E-state index in [2.05, 4.69) is 37.6 Å². The van der Waals surface area contributed by atoms with Crippen molar-refractivity contribution in [1.29, 1.82) is 0 Å². The number of ether oxygens (including phenoxy) is 1. The molecule has 0 amide bonds. The third kappa shape index (κ3) is 6.15. The van der Waals surface area contributed by atoms with Crippen LogP contribution in [-0.2, 0) is 4.74 Å². The van der Waals surface area contributed by atoms with Crippen LogP contribution >= 0.6 is 0 Å². The molecule has 0 atom stereocenters. The highest BCUT2D eigenvalue weighted by Gasteiger charge is 2.13. The van der Waals surface area contributed by atoms with Crippen LogP contribution < -0.4 is 4.90 Å². The monoisotopic (exact) mass is 292 g/mol. The summed E-state index contributed by atoms with van der Waals surface area (Å²) in [6.07, 6.45) is 3.91. The summed E-state index contributed by atoms with van der Waals surface area (Å²) in [5.74, 6) is 1.84. The zero-order chi connectivity index (χ0) is 15.8. The summed E-state index contributed by atoms with van der Waals surface area (Å²) in [7, 11) is 1.40. The van der Waals surface area contributed by atoms with Gasteiger partial charge in [-0.2, -0.15) is 0 Å². The molecule has 21 heavy (non-hydrogen) atoms. The van der Waals surface area contributed by atoms with Crippen LogP contribution in [0.3, 0.4) is 0 Å². The molecule has 0 unspecified atom stereocenters. The Morgan fingerprint density at radius 1 is 1.19 bits per heavy atom. The first kappa shape index (κ1) is 17.5. The van der Waals surface area contributed by atoms with Gasteiger partial charge in [0.15, 0.2) is 0 Å². The van der Waals surface area contributed by atoms with Crippen LogP contribution in [0.2, 0.25) is 0 Å². The number of rotatable bonds is 8. The van der Waals surface area contributed by atoms with E-state index in [0.29, 0.717) is 17.4 Å². The Bertz CT molecular complexity index is 432. The highest BCUT2D eigenvalue weighted by molar-refractivity contribution is 5.90. The van der Waals surface area contributed by atoms with Crippen LogP contribution in [0.15, 0.2) is 18.3 Å². The smallest absolute Gasteiger partial charge is 0.338 e. The third-order valence-electron chi connectivity index (χ3n) is 3.44. The van der Waals surface area contributed by atoms with E-state index in [-0.39, 0.29) is 5.97 Å². The number of hydrogen-bond donors (Lipinski definition) is 0. The Kier molecular flexibility index (Phi) is 7.20. The molecular formula is C17H28N2O2. The molecule has 0 bridgehead atoms. The van der Waals surface area contributed by atoms with E-state index in [0.717, 1.165) is 31.7 Å². The van der Waals surface area contributed by atoms with Crippen LogP contribution in [0.1, 0.15) is 50.9 Å². The number of hydrogen-bond acceptors (Lipinski definition) is 4. The van der Waals surface area contributed by atoms with Gasteiger partial charge in [-0.15, -0.1) is 0 Å². The van der Waals surface area contributed by atoms with Crippen LogP contribution in [0.5, 0.6) is 0 Å². The van der Waals surface area contributed by atoms with E-state index in [9.17, 15) is 4.79 Å². The predicted molar refractivity (Wildman–Crippen MR) is 86.7 cm³/mol. The summed E-state index contributed by atoms with van der Waals surface area (Å²) in [5.41, 5.74) is 0.557. The summed E-state index contributed by atoms with van der Waals surface area (Å²) in [4.78, 5) is 18.4. The lowest BCUT2D eigenvalue weighted by Crippen LogP contribution is -2.28. The van der Waals surface area contributed by atoms with Crippen molar-refractivity contribution in [3.05, 3.63) is 23.9 Å². The minimum atomic E-state index is -0.314. The van der Waals surface area contributed by atoms with Crippen LogP contribution in [0.25, 0.3) is 0 Å². The highest BCUT2D eigenvalue weighted by atomic mass is 16.5. The number of carbonyl (C=O) groups is 1. The SMILES string of the molecule is COC(=O)c1ccnc(N(CCC(C)C)CCC(C)C)c1. The van der Waals surface area contributed by atoms with Crippen molar-refractivity contribution >= 4 is 11.8 Å². The molecule has 1 aromatic rings. The largest absolute Gasteiger partial charge is 0.465 e. The normalized spacial score (nSPS) is 11.0. The molecule has 4 heteroatoms. The number of carbonyl (C=O) groups excluding carboxylic acids is 1. The van der Waals surface area contributed by atoms with Gasteiger partial charge in [-0.05, 0) is 36.8 Å². The number of esters is 1. The number of anilines is 1. The number of pyridine rings is 1. The number of aromatic nitrogens is 1. The molecule has 0 radical (unpaired) electrons. The van der Waals surface area contributed by atoms with Gasteiger partial charge in [0, 0.05) is 19.3 Å². The van der Waals surface area contributed by atoms with E-state index < -0.39 is 0 Å². The average molecular weight is 292 g/mol. The summed E-state index contributed by atoms with van der Waals surface area (Å²) in [6, 6.07) is 3.52. The maximum Gasteiger partial charge on any atom is 0.338 e. The van der Waals surface area contributed by atoms with Crippen molar-refractivity contribution in [2.75, 3.05) is 25.1 Å². The van der Waals surface area contributed by atoms with Gasteiger partial charge in [0.1, 0.15) is 5.82 Å². The minimum Gasteiger partial charge on any atom is -0.465 e. The van der Waals surface area contributed by atoms with Crippen LogP contribution in [0.4, 0.5) is 5.82 Å². The summed E-state index contributed by atoms with van der Waals surface area (Å²) >= 11 is 0. The molecule has 4 nitrogen and oxygen atoms in total. The number of nitrogens with zero attached hydrogens (tertiary/aromatic N) is 2. The first-order valence-corrected chi connectivity index (χ1v) is 7.73. The van der Waals surface area contributed by atoms with E-state index >= 15 is 0 Å². The van der Waals surface area contributed by atoms with E-state index in [1.165, 1.54) is 7.11 Å². The second-order valence-electron chi connectivity index (χ2n) is 6.25. The highest BCUT2D eigenvalue weighted by Crippen LogP contribution is 2.17. The molecule has 0 aliphatic carbocycles. The second kappa shape index (κ2) is 8.65. The Hall–Kier alpha value is -1.58. The Morgan fingerprint density at radius 2 is 1.76 bits per heavy atom. The summed E-state index contributed by atoms with van der Waals surface area (Å²) in [5, 5.41) is 0. The zero-order valence-corrected chi connectivity index (χ0v) is 13.9. The minimum absolute atomic E-state index is 0.314. The fourth-order valence-electron chi connectivity index (χ4n) is 2.01. The van der Waals surface area contributed by atoms with Gasteiger partial charge >= 0.3 is 5.97 Å². The van der Waals surface area contributed by atoms with Gasteiger partial charge in [-0.1, -0.05) is 27.7 Å². The van der Waals surface area contributed by atoms with Crippen molar-refractivity contribution in [2.45, 2.75) is 40.5 Å². The molecule has 1 aromatic heterocycles. The van der Waals surface area contributed by atoms with Gasteiger partial charge in [0.05, 0.1) is 12.7 Å². The quantitative estimate of drug-likeness (QED) is 0.684. The van der Waals surface area contributed by atoms with Crippen molar-refractivity contribution < 1.29 is 9.53 Å². The Labute approximate surface area is 128 Å². The molecule has 118 valence electrons. The lowest BCUT2D eigenvalue weighted by molar-refractivity contribution is 0.0600. The van der Waals surface area contributed by atoms with E-state index in [1.54, 1.807) is 12.3 Å². The molecule has 0 aliphatic rings. The third-order valence-corrected chi connectivity index (χ3v) is 3.44. The molecule has 0 aliphatic heterocycles. The van der Waals surface area contributed by atoms with Crippen molar-refractivity contribution in [1.82, 2.24) is 4.98 Å². The maximum atomic E-state index is 11.7. The van der Waals surface area contributed by atoms with E-state index in [4.69, 9.17) is 4.74 Å². The fraction of sp³-hybridized carbons (Fsp3) is 0.647.